The molecule has 2 aliphatic rings. The Morgan fingerprint density at radius 1 is 0.933 bits per heavy atom. The average molecular weight is 782 g/mol. The second-order valence-corrected chi connectivity index (χ2v) is 13.2. The summed E-state index contributed by atoms with van der Waals surface area (Å²) in [5.74, 6) is 1.18. The van der Waals surface area contributed by atoms with Crippen molar-refractivity contribution in [3.8, 4) is 11.3 Å². The van der Waals surface area contributed by atoms with Crippen molar-refractivity contribution in [3.05, 3.63) is 83.3 Å². The van der Waals surface area contributed by atoms with E-state index in [1.54, 1.807) is 0 Å². The van der Waals surface area contributed by atoms with Crippen LogP contribution in [0.1, 0.15) is 110 Å². The Morgan fingerprint density at radius 3 is 2.22 bits per heavy atom. The number of rotatable bonds is 9. The number of carbonyl (C=O) groups is 1. The van der Waals surface area contributed by atoms with E-state index in [4.69, 9.17) is 4.98 Å². The minimum Gasteiger partial charge on any atom is -0.512 e. The van der Waals surface area contributed by atoms with Crippen LogP contribution in [0.25, 0.3) is 33.1 Å². The van der Waals surface area contributed by atoms with Gasteiger partial charge in [0.25, 0.3) is 0 Å². The number of nitrogens with zero attached hydrogens (tertiary/aromatic N) is 2. The molecule has 0 saturated heterocycles. The zero-order valence-electron chi connectivity index (χ0n) is 27.9. The Kier molecular flexibility index (Phi) is 11.8. The topological polar surface area (TPSA) is 63.1 Å². The molecule has 4 nitrogen and oxygen atoms in total. The van der Waals surface area contributed by atoms with Crippen molar-refractivity contribution in [2.45, 2.75) is 105 Å². The van der Waals surface area contributed by atoms with E-state index in [-0.39, 0.29) is 48.9 Å². The van der Waals surface area contributed by atoms with Gasteiger partial charge in [-0.05, 0) is 80.5 Å². The fraction of sp³-hybridized carbons (Fsp3) is 0.475. The number of hydrogen-bond donors (Lipinski definition) is 1. The van der Waals surface area contributed by atoms with Gasteiger partial charge in [-0.2, -0.15) is 11.6 Å². The van der Waals surface area contributed by atoms with Crippen LogP contribution in [-0.4, -0.2) is 20.9 Å². The van der Waals surface area contributed by atoms with Gasteiger partial charge >= 0.3 is 0 Å². The van der Waals surface area contributed by atoms with E-state index in [2.05, 4.69) is 67.4 Å². The van der Waals surface area contributed by atoms with Gasteiger partial charge in [0.1, 0.15) is 0 Å². The van der Waals surface area contributed by atoms with Gasteiger partial charge in [0.2, 0.25) is 0 Å². The quantitative estimate of drug-likeness (QED) is 0.104. The van der Waals surface area contributed by atoms with Crippen LogP contribution in [0.4, 0.5) is 0 Å². The van der Waals surface area contributed by atoms with Crippen LogP contribution < -0.4 is 0 Å². The maximum atomic E-state index is 11.7. The summed E-state index contributed by atoms with van der Waals surface area (Å²) in [6.07, 6.45) is 12.8. The molecule has 2 heterocycles. The monoisotopic (exact) mass is 782 g/mol. The van der Waals surface area contributed by atoms with Gasteiger partial charge in [0.15, 0.2) is 5.78 Å². The average Bonchev–Trinajstić information content (AvgIpc) is 3.51. The van der Waals surface area contributed by atoms with Crippen LogP contribution in [0.2, 0.25) is 0 Å². The molecule has 0 aliphatic heterocycles. The summed E-state index contributed by atoms with van der Waals surface area (Å²) < 4.78 is 0. The predicted octanol–water partition coefficient (Wildman–Crippen LogP) is 10.5. The molecule has 0 atom stereocenters. The Balaban J connectivity index is 0.000000249. The zero-order chi connectivity index (χ0) is 31.4. The van der Waals surface area contributed by atoms with E-state index in [0.29, 0.717) is 5.92 Å². The molecule has 0 amide bonds. The van der Waals surface area contributed by atoms with Crippen LogP contribution in [-0.2, 0) is 36.7 Å². The molecule has 1 radical (unpaired) electrons. The van der Waals surface area contributed by atoms with Crippen LogP contribution in [0, 0.1) is 23.8 Å². The van der Waals surface area contributed by atoms with Crippen LogP contribution in [0.5, 0.6) is 0 Å². The molecule has 2 aromatic heterocycles. The first-order valence-corrected chi connectivity index (χ1v) is 17.0. The predicted molar refractivity (Wildman–Crippen MR) is 183 cm³/mol. The van der Waals surface area contributed by atoms with E-state index >= 15 is 0 Å². The maximum absolute atomic E-state index is 11.7. The summed E-state index contributed by atoms with van der Waals surface area (Å²) in [5.41, 5.74) is 8.80. The maximum Gasteiger partial charge on any atom is 0.162 e. The molecule has 45 heavy (non-hydrogen) atoms. The summed E-state index contributed by atoms with van der Waals surface area (Å²) >= 11 is 0. The normalized spacial score (nSPS) is 15.0. The number of fused-ring (bicyclic) bond motifs is 5. The molecule has 5 heteroatoms. The first-order chi connectivity index (χ1) is 21.3. The molecule has 6 rings (SSSR count). The minimum absolute atomic E-state index is 0. The third-order valence-corrected chi connectivity index (χ3v) is 10.1. The van der Waals surface area contributed by atoms with Crippen molar-refractivity contribution in [1.82, 2.24) is 9.97 Å². The van der Waals surface area contributed by atoms with E-state index in [9.17, 15) is 9.90 Å². The number of aromatic nitrogens is 2. The van der Waals surface area contributed by atoms with Crippen molar-refractivity contribution in [2.75, 3.05) is 0 Å². The first-order valence-electron chi connectivity index (χ1n) is 17.0. The summed E-state index contributed by atoms with van der Waals surface area (Å²) in [6, 6.07) is 19.2. The van der Waals surface area contributed by atoms with E-state index in [1.807, 2.05) is 33.9 Å². The zero-order valence-corrected chi connectivity index (χ0v) is 30.3. The van der Waals surface area contributed by atoms with Gasteiger partial charge in [-0.25, -0.2) is 0 Å². The Hall–Kier alpha value is -2.88. The number of aliphatic hydroxyl groups is 1. The Labute approximate surface area is 283 Å². The molecular weight excluding hydrogens is 733 g/mol. The molecule has 1 spiro atoms. The van der Waals surface area contributed by atoms with Crippen molar-refractivity contribution in [1.29, 1.82) is 0 Å². The molecule has 2 aliphatic carbocycles. The molecule has 241 valence electrons. The van der Waals surface area contributed by atoms with Gasteiger partial charge in [0.05, 0.1) is 11.3 Å². The minimum atomic E-state index is 0. The third-order valence-electron chi connectivity index (χ3n) is 10.1. The first kappa shape index (κ1) is 35.0. The molecule has 0 unspecified atom stereocenters. The van der Waals surface area contributed by atoms with Crippen LogP contribution in [0.15, 0.2) is 60.5 Å². The molecular formula is C40H49IrN2O2-. The third kappa shape index (κ3) is 6.81. The summed E-state index contributed by atoms with van der Waals surface area (Å²) in [5, 5.41) is 12.4. The summed E-state index contributed by atoms with van der Waals surface area (Å²) in [7, 11) is 0. The van der Waals surface area contributed by atoms with Crippen molar-refractivity contribution >= 4 is 27.6 Å². The Morgan fingerprint density at radius 2 is 1.58 bits per heavy atom. The van der Waals surface area contributed by atoms with Crippen molar-refractivity contribution in [3.63, 3.8) is 0 Å². The van der Waals surface area contributed by atoms with E-state index in [0.717, 1.165) is 54.4 Å². The molecule has 1 fully saturated rings. The van der Waals surface area contributed by atoms with Crippen molar-refractivity contribution in [2.24, 2.45) is 17.8 Å². The molecule has 1 saturated carbocycles. The van der Waals surface area contributed by atoms with Crippen LogP contribution >= 0.6 is 0 Å². The standard InChI is InChI=1S/C27H25N2.C13H24O2.Ir/c1-17(2)15-18-7-5-9-23-20(18)16-22-26(29-23)19-11-14-28-24-10-6-8-21(25(19)24)27(22)12-3-4-13-27;1-5-10(6-2)12(14)9-13(15)11(7-3)8-4;/h5-10,14,16-17H,3-4,12-13,15H2,1-2H3;9-11,14H,5-8H2,1-4H3;/q-1;;/b;12-9-;. The number of carbonyl (C=O) groups excluding carboxylic acids is 1. The van der Waals surface area contributed by atoms with Gasteiger partial charge in [0, 0.05) is 54.3 Å². The summed E-state index contributed by atoms with van der Waals surface area (Å²) in [6.45, 7) is 12.7. The molecule has 1 N–H and O–H groups in total. The van der Waals surface area contributed by atoms with Gasteiger partial charge in [-0.15, -0.1) is 0 Å². The van der Waals surface area contributed by atoms with Gasteiger partial charge in [-0.3, -0.25) is 9.78 Å². The van der Waals surface area contributed by atoms with E-state index < -0.39 is 0 Å². The summed E-state index contributed by atoms with van der Waals surface area (Å²) in [4.78, 5) is 21.6. The van der Waals surface area contributed by atoms with Gasteiger partial charge < -0.3 is 10.1 Å². The SMILES string of the molecule is CC(C)Cc1cccc2nc3c(cc12)C1(CCCC1)c1cccc2nc[c-]c-3c12.CCC(CC)C(=O)/C=C(\O)C(CC)CC.[Ir]. The number of pyridine rings is 2. The fourth-order valence-corrected chi connectivity index (χ4v) is 7.61. The largest absolute Gasteiger partial charge is 0.512 e. The number of hydrogen-bond acceptors (Lipinski definition) is 4. The molecule has 2 aromatic carbocycles. The Bertz CT molecular complexity index is 1660. The second-order valence-electron chi connectivity index (χ2n) is 13.2. The second kappa shape index (κ2) is 15.1. The number of aliphatic hydroxyl groups excluding tert-OH is 1. The number of allylic oxidation sites excluding steroid dienone is 2. The molecule has 4 aromatic rings. The number of benzene rings is 2. The fourth-order valence-electron chi connectivity index (χ4n) is 7.61. The number of ketones is 1. The molecule has 0 bridgehead atoms. The van der Waals surface area contributed by atoms with Crippen molar-refractivity contribution < 1.29 is 30.0 Å². The van der Waals surface area contributed by atoms with Crippen LogP contribution in [0.3, 0.4) is 0 Å². The van der Waals surface area contributed by atoms with E-state index in [1.165, 1.54) is 59.2 Å². The van der Waals surface area contributed by atoms with Gasteiger partial charge in [-0.1, -0.05) is 101 Å². The smallest absolute Gasteiger partial charge is 0.162 e.